The monoisotopic (exact) mass is 274 g/mol. The number of esters is 1. The van der Waals surface area contributed by atoms with E-state index in [1.807, 2.05) is 0 Å². The largest absolute Gasteiger partial charge is 0.481 e. The fourth-order valence-electron chi connectivity index (χ4n) is 1.37. The first-order valence-electron chi connectivity index (χ1n) is 6.34. The Bertz CT molecular complexity index is 306. The van der Waals surface area contributed by atoms with E-state index < -0.39 is 5.97 Å². The summed E-state index contributed by atoms with van der Waals surface area (Å²) in [5.41, 5.74) is 0. The molecule has 0 aliphatic carbocycles. The molecule has 0 aromatic rings. The summed E-state index contributed by atoms with van der Waals surface area (Å²) in [6.07, 6.45) is 0.795. The summed E-state index contributed by atoms with van der Waals surface area (Å²) in [7, 11) is 0. The van der Waals surface area contributed by atoms with E-state index in [0.29, 0.717) is 26.1 Å². The zero-order valence-corrected chi connectivity index (χ0v) is 11.4. The van der Waals surface area contributed by atoms with Gasteiger partial charge in [-0.1, -0.05) is 6.92 Å². The average molecular weight is 274 g/mol. The van der Waals surface area contributed by atoms with Gasteiger partial charge in [-0.15, -0.1) is 0 Å². The second-order valence-corrected chi connectivity index (χ2v) is 4.25. The van der Waals surface area contributed by atoms with Crippen LogP contribution in [0, 0.1) is 5.92 Å². The number of ether oxygens (including phenoxy) is 1. The molecule has 19 heavy (non-hydrogen) atoms. The van der Waals surface area contributed by atoms with E-state index >= 15 is 0 Å². The number of carboxylic acids is 1. The smallest absolute Gasteiger partial charge is 0.314 e. The van der Waals surface area contributed by atoms with Crippen molar-refractivity contribution in [2.24, 2.45) is 5.92 Å². The number of carbonyl (C=O) groups excluding carboxylic acids is 2. The highest BCUT2D eigenvalue weighted by Gasteiger charge is 2.09. The first-order chi connectivity index (χ1) is 8.95. The van der Waals surface area contributed by atoms with Crippen LogP contribution in [0.1, 0.15) is 33.1 Å². The molecule has 0 rings (SSSR count). The number of hydrogen-bond acceptors (Lipinski definition) is 4. The molecule has 0 bridgehead atoms. The van der Waals surface area contributed by atoms with Crippen LogP contribution in [0.5, 0.6) is 0 Å². The minimum atomic E-state index is -0.885. The van der Waals surface area contributed by atoms with Crippen molar-refractivity contribution in [3.8, 4) is 0 Å². The van der Waals surface area contributed by atoms with Crippen LogP contribution in [-0.4, -0.2) is 42.8 Å². The van der Waals surface area contributed by atoms with Crippen molar-refractivity contribution < 1.29 is 24.2 Å². The predicted molar refractivity (Wildman–Crippen MR) is 68.7 cm³/mol. The van der Waals surface area contributed by atoms with Crippen molar-refractivity contribution in [2.45, 2.75) is 33.1 Å². The van der Waals surface area contributed by atoms with Crippen LogP contribution >= 0.6 is 0 Å². The Hall–Kier alpha value is -1.79. The highest BCUT2D eigenvalue weighted by atomic mass is 16.5. The van der Waals surface area contributed by atoms with Gasteiger partial charge in [0.1, 0.15) is 0 Å². The number of amides is 2. The molecule has 1 unspecified atom stereocenters. The highest BCUT2D eigenvalue weighted by Crippen LogP contribution is 1.98. The third-order valence-corrected chi connectivity index (χ3v) is 2.28. The molecule has 0 saturated carbocycles. The maximum atomic E-state index is 11.3. The number of carboxylic acid groups (broad SMARTS) is 1. The van der Waals surface area contributed by atoms with Gasteiger partial charge < -0.3 is 20.5 Å². The number of rotatable bonds is 9. The summed E-state index contributed by atoms with van der Waals surface area (Å²) in [5.74, 6) is -1.29. The Labute approximate surface area is 112 Å². The van der Waals surface area contributed by atoms with Gasteiger partial charge in [-0.25, -0.2) is 4.79 Å². The van der Waals surface area contributed by atoms with E-state index in [-0.39, 0.29) is 30.8 Å². The lowest BCUT2D eigenvalue weighted by Crippen LogP contribution is -2.38. The average Bonchev–Trinajstić information content (AvgIpc) is 2.31. The van der Waals surface area contributed by atoms with Crippen LogP contribution < -0.4 is 10.6 Å². The lowest BCUT2D eigenvalue weighted by Gasteiger charge is -2.11. The molecule has 2 amide bonds. The molecule has 0 aromatic heterocycles. The molecule has 0 radical (unpaired) electrons. The Balaban J connectivity index is 3.54. The number of carbonyl (C=O) groups is 3. The third-order valence-electron chi connectivity index (χ3n) is 2.28. The van der Waals surface area contributed by atoms with Crippen molar-refractivity contribution in [1.82, 2.24) is 10.6 Å². The second-order valence-electron chi connectivity index (χ2n) is 4.25. The summed E-state index contributed by atoms with van der Waals surface area (Å²) in [4.78, 5) is 32.7. The summed E-state index contributed by atoms with van der Waals surface area (Å²) >= 11 is 0. The van der Waals surface area contributed by atoms with E-state index in [9.17, 15) is 14.4 Å². The number of nitrogens with one attached hydrogen (secondary N) is 2. The van der Waals surface area contributed by atoms with Gasteiger partial charge in [0.2, 0.25) is 0 Å². The fraction of sp³-hybridized carbons (Fsp3) is 0.750. The molecule has 110 valence electrons. The van der Waals surface area contributed by atoms with Crippen LogP contribution in [0.3, 0.4) is 0 Å². The second kappa shape index (κ2) is 10.2. The van der Waals surface area contributed by atoms with Crippen molar-refractivity contribution in [3.05, 3.63) is 0 Å². The maximum absolute atomic E-state index is 11.3. The van der Waals surface area contributed by atoms with Gasteiger partial charge in [0.25, 0.3) is 0 Å². The van der Waals surface area contributed by atoms with E-state index in [2.05, 4.69) is 10.6 Å². The summed E-state index contributed by atoms with van der Waals surface area (Å²) in [5, 5.41) is 13.7. The summed E-state index contributed by atoms with van der Waals surface area (Å²) in [6.45, 7) is 4.51. The summed E-state index contributed by atoms with van der Waals surface area (Å²) in [6, 6.07) is -0.360. The quantitative estimate of drug-likeness (QED) is 0.425. The predicted octanol–water partition coefficient (Wildman–Crippen LogP) is 0.740. The van der Waals surface area contributed by atoms with E-state index in [1.165, 1.54) is 0 Å². The Morgan fingerprint density at radius 2 is 1.95 bits per heavy atom. The number of hydrogen-bond donors (Lipinski definition) is 3. The first-order valence-corrected chi connectivity index (χ1v) is 6.34. The van der Waals surface area contributed by atoms with Crippen LogP contribution in [0.4, 0.5) is 4.79 Å². The van der Waals surface area contributed by atoms with Gasteiger partial charge in [-0.3, -0.25) is 9.59 Å². The third kappa shape index (κ3) is 11.1. The van der Waals surface area contributed by atoms with Crippen LogP contribution in [0.25, 0.3) is 0 Å². The standard InChI is InChI=1S/C12H22N2O5/c1-3-19-11(17)5-4-6-13-12(18)14-8-9(2)7-10(15)16/h9H,3-8H2,1-2H3,(H,15,16)(H2,13,14,18). The molecule has 3 N–H and O–H groups in total. The van der Waals surface area contributed by atoms with Gasteiger partial charge in [-0.2, -0.15) is 0 Å². The van der Waals surface area contributed by atoms with E-state index in [4.69, 9.17) is 9.84 Å². The molecule has 0 fully saturated rings. The maximum Gasteiger partial charge on any atom is 0.314 e. The Morgan fingerprint density at radius 1 is 1.26 bits per heavy atom. The van der Waals surface area contributed by atoms with Gasteiger partial charge in [0, 0.05) is 25.9 Å². The van der Waals surface area contributed by atoms with Crippen molar-refractivity contribution >= 4 is 18.0 Å². The van der Waals surface area contributed by atoms with Gasteiger partial charge >= 0.3 is 18.0 Å². The topological polar surface area (TPSA) is 105 Å². The molecular weight excluding hydrogens is 252 g/mol. The van der Waals surface area contributed by atoms with Crippen molar-refractivity contribution in [2.75, 3.05) is 19.7 Å². The van der Waals surface area contributed by atoms with Crippen molar-refractivity contribution in [3.63, 3.8) is 0 Å². The van der Waals surface area contributed by atoms with E-state index in [1.54, 1.807) is 13.8 Å². The lowest BCUT2D eigenvalue weighted by molar-refractivity contribution is -0.143. The minimum Gasteiger partial charge on any atom is -0.481 e. The fourth-order valence-corrected chi connectivity index (χ4v) is 1.37. The summed E-state index contributed by atoms with van der Waals surface area (Å²) < 4.78 is 4.74. The number of urea groups is 1. The molecule has 0 aromatic carbocycles. The molecule has 0 heterocycles. The normalized spacial score (nSPS) is 11.5. The molecule has 0 spiro atoms. The molecule has 7 heteroatoms. The van der Waals surface area contributed by atoms with Crippen LogP contribution in [-0.2, 0) is 14.3 Å². The molecule has 0 saturated heterocycles. The van der Waals surface area contributed by atoms with Gasteiger partial charge in [-0.05, 0) is 19.3 Å². The molecule has 7 nitrogen and oxygen atoms in total. The minimum absolute atomic E-state index is 0.0170. The number of aliphatic carboxylic acids is 1. The SMILES string of the molecule is CCOC(=O)CCCNC(=O)NCC(C)CC(=O)O. The molecule has 0 aliphatic rings. The van der Waals surface area contributed by atoms with Crippen LogP contribution in [0.2, 0.25) is 0 Å². The zero-order chi connectivity index (χ0) is 14.7. The zero-order valence-electron chi connectivity index (χ0n) is 11.4. The van der Waals surface area contributed by atoms with E-state index in [0.717, 1.165) is 0 Å². The Morgan fingerprint density at radius 3 is 2.53 bits per heavy atom. The lowest BCUT2D eigenvalue weighted by atomic mass is 10.1. The van der Waals surface area contributed by atoms with Crippen molar-refractivity contribution in [1.29, 1.82) is 0 Å². The molecular formula is C12H22N2O5. The van der Waals surface area contributed by atoms with Gasteiger partial charge in [0.15, 0.2) is 0 Å². The Kier molecular flexibility index (Phi) is 9.20. The molecule has 0 aliphatic heterocycles. The molecule has 1 atom stereocenters. The first kappa shape index (κ1) is 17.2. The van der Waals surface area contributed by atoms with Gasteiger partial charge in [0.05, 0.1) is 6.61 Å². The highest BCUT2D eigenvalue weighted by molar-refractivity contribution is 5.74. The van der Waals surface area contributed by atoms with Crippen LogP contribution in [0.15, 0.2) is 0 Å².